The summed E-state index contributed by atoms with van der Waals surface area (Å²) in [5, 5.41) is 6.95. The van der Waals surface area contributed by atoms with Gasteiger partial charge in [-0.15, -0.1) is 0 Å². The number of nitrogens with zero attached hydrogens (tertiary/aromatic N) is 2. The van der Waals surface area contributed by atoms with Crippen molar-refractivity contribution in [2.24, 2.45) is 7.05 Å². The van der Waals surface area contributed by atoms with E-state index >= 15 is 0 Å². The van der Waals surface area contributed by atoms with Gasteiger partial charge in [-0.2, -0.15) is 0 Å². The van der Waals surface area contributed by atoms with Gasteiger partial charge in [0.1, 0.15) is 0 Å². The first kappa shape index (κ1) is 13.4. The number of rotatable bonds is 4. The van der Waals surface area contributed by atoms with Crippen molar-refractivity contribution >= 4 is 17.0 Å². The molecular formula is C15H22N4O. The van der Waals surface area contributed by atoms with Gasteiger partial charge in [-0.25, -0.2) is 4.98 Å². The first-order valence-electron chi connectivity index (χ1n) is 7.19. The Hall–Kier alpha value is -1.59. The van der Waals surface area contributed by atoms with Gasteiger partial charge in [-0.1, -0.05) is 6.07 Å². The van der Waals surface area contributed by atoms with Gasteiger partial charge in [0.05, 0.1) is 17.6 Å². The second kappa shape index (κ2) is 5.81. The zero-order valence-corrected chi connectivity index (χ0v) is 12.1. The summed E-state index contributed by atoms with van der Waals surface area (Å²) in [5.74, 6) is 0.960. The fourth-order valence-electron chi connectivity index (χ4n) is 2.77. The van der Waals surface area contributed by atoms with Crippen LogP contribution in [0.5, 0.6) is 0 Å². The predicted molar refractivity (Wildman–Crippen MR) is 80.9 cm³/mol. The monoisotopic (exact) mass is 274 g/mol. The van der Waals surface area contributed by atoms with Crippen molar-refractivity contribution in [2.45, 2.75) is 25.5 Å². The second-order valence-electron chi connectivity index (χ2n) is 5.42. The molecule has 108 valence electrons. The topological polar surface area (TPSA) is 51.1 Å². The summed E-state index contributed by atoms with van der Waals surface area (Å²) >= 11 is 0. The molecule has 0 amide bonds. The Labute approximate surface area is 119 Å². The number of hydrogen-bond donors (Lipinski definition) is 2. The highest BCUT2D eigenvalue weighted by Gasteiger charge is 2.16. The van der Waals surface area contributed by atoms with Crippen molar-refractivity contribution in [3.05, 3.63) is 23.8 Å². The maximum atomic E-state index is 5.19. The minimum absolute atomic E-state index is 0.519. The number of fused-ring (bicyclic) bond motifs is 1. The normalized spacial score (nSPS) is 16.7. The molecular weight excluding hydrogens is 252 g/mol. The number of aryl methyl sites for hydroxylation is 1. The highest BCUT2D eigenvalue weighted by Crippen LogP contribution is 2.21. The molecule has 1 aromatic carbocycles. The molecule has 2 heterocycles. The number of piperidine rings is 1. The summed E-state index contributed by atoms with van der Waals surface area (Å²) in [7, 11) is 3.78. The predicted octanol–water partition coefficient (Wildman–Crippen LogP) is 1.88. The Balaban J connectivity index is 1.85. The van der Waals surface area contributed by atoms with E-state index in [-0.39, 0.29) is 0 Å². The molecule has 20 heavy (non-hydrogen) atoms. The number of anilines is 1. The fourth-order valence-corrected chi connectivity index (χ4v) is 2.77. The van der Waals surface area contributed by atoms with E-state index in [0.29, 0.717) is 12.6 Å². The Morgan fingerprint density at radius 1 is 1.40 bits per heavy atom. The first-order chi connectivity index (χ1) is 9.78. The fraction of sp³-hybridized carbons (Fsp3) is 0.533. The average Bonchev–Trinajstić information content (AvgIpc) is 2.77. The minimum atomic E-state index is 0.519. The summed E-state index contributed by atoms with van der Waals surface area (Å²) in [4.78, 5) is 4.70. The van der Waals surface area contributed by atoms with Crippen LogP contribution >= 0.6 is 0 Å². The lowest BCUT2D eigenvalue weighted by Gasteiger charge is -2.24. The Bertz CT molecular complexity index is 587. The van der Waals surface area contributed by atoms with Crippen molar-refractivity contribution in [1.29, 1.82) is 0 Å². The van der Waals surface area contributed by atoms with Gasteiger partial charge in [0, 0.05) is 20.2 Å². The van der Waals surface area contributed by atoms with E-state index in [4.69, 9.17) is 9.72 Å². The van der Waals surface area contributed by atoms with Crippen LogP contribution in [0.25, 0.3) is 11.0 Å². The molecule has 0 saturated carbocycles. The SMILES string of the molecule is COCc1ccc2nc(NC3CCNCC3)n(C)c2c1. The van der Waals surface area contributed by atoms with Gasteiger partial charge in [0.15, 0.2) is 0 Å². The molecule has 0 radical (unpaired) electrons. The van der Waals surface area contributed by atoms with Crippen LogP contribution in [0, 0.1) is 0 Å². The lowest BCUT2D eigenvalue weighted by Crippen LogP contribution is -2.35. The molecule has 0 spiro atoms. The third-order valence-corrected chi connectivity index (χ3v) is 3.93. The van der Waals surface area contributed by atoms with Crippen LogP contribution in [0.4, 0.5) is 5.95 Å². The molecule has 1 aromatic heterocycles. The molecule has 0 aliphatic carbocycles. The number of nitrogens with one attached hydrogen (secondary N) is 2. The van der Waals surface area contributed by atoms with Gasteiger partial charge in [0.2, 0.25) is 5.95 Å². The van der Waals surface area contributed by atoms with Crippen LogP contribution < -0.4 is 10.6 Å². The van der Waals surface area contributed by atoms with Crippen LogP contribution in [-0.2, 0) is 18.4 Å². The lowest BCUT2D eigenvalue weighted by atomic mass is 10.1. The lowest BCUT2D eigenvalue weighted by molar-refractivity contribution is 0.185. The molecule has 2 aromatic rings. The highest BCUT2D eigenvalue weighted by atomic mass is 16.5. The van der Waals surface area contributed by atoms with Gasteiger partial charge < -0.3 is 19.9 Å². The Morgan fingerprint density at radius 3 is 2.95 bits per heavy atom. The molecule has 0 unspecified atom stereocenters. The molecule has 1 aliphatic heterocycles. The van der Waals surface area contributed by atoms with E-state index in [2.05, 4.69) is 40.4 Å². The molecule has 1 saturated heterocycles. The van der Waals surface area contributed by atoms with E-state index in [1.54, 1.807) is 7.11 Å². The van der Waals surface area contributed by atoms with Crippen molar-refractivity contribution in [3.63, 3.8) is 0 Å². The molecule has 0 atom stereocenters. The Kier molecular flexibility index (Phi) is 3.89. The molecule has 5 heteroatoms. The van der Waals surface area contributed by atoms with Gasteiger partial charge in [-0.05, 0) is 43.6 Å². The van der Waals surface area contributed by atoms with Gasteiger partial charge >= 0.3 is 0 Å². The van der Waals surface area contributed by atoms with E-state index in [9.17, 15) is 0 Å². The van der Waals surface area contributed by atoms with Crippen LogP contribution in [-0.4, -0.2) is 35.8 Å². The van der Waals surface area contributed by atoms with E-state index in [1.807, 2.05) is 0 Å². The van der Waals surface area contributed by atoms with E-state index in [0.717, 1.165) is 42.9 Å². The van der Waals surface area contributed by atoms with Crippen molar-refractivity contribution in [3.8, 4) is 0 Å². The molecule has 2 N–H and O–H groups in total. The standard InChI is InChI=1S/C15H22N4O/c1-19-14-9-11(10-20-2)3-4-13(14)18-15(19)17-12-5-7-16-8-6-12/h3-4,9,12,16H,5-8,10H2,1-2H3,(H,17,18). The molecule has 1 aliphatic rings. The summed E-state index contributed by atoms with van der Waals surface area (Å²) in [5.41, 5.74) is 3.36. The van der Waals surface area contributed by atoms with Crippen LogP contribution in [0.3, 0.4) is 0 Å². The quantitative estimate of drug-likeness (QED) is 0.894. The van der Waals surface area contributed by atoms with Crippen LogP contribution in [0.2, 0.25) is 0 Å². The minimum Gasteiger partial charge on any atom is -0.380 e. The van der Waals surface area contributed by atoms with Crippen LogP contribution in [0.1, 0.15) is 18.4 Å². The third kappa shape index (κ3) is 2.64. The smallest absolute Gasteiger partial charge is 0.203 e. The number of aromatic nitrogens is 2. The van der Waals surface area contributed by atoms with E-state index < -0.39 is 0 Å². The molecule has 0 bridgehead atoms. The number of benzene rings is 1. The van der Waals surface area contributed by atoms with Crippen molar-refractivity contribution in [1.82, 2.24) is 14.9 Å². The van der Waals surface area contributed by atoms with E-state index in [1.165, 1.54) is 5.56 Å². The third-order valence-electron chi connectivity index (χ3n) is 3.93. The molecule has 1 fully saturated rings. The zero-order valence-electron chi connectivity index (χ0n) is 12.1. The largest absolute Gasteiger partial charge is 0.380 e. The zero-order chi connectivity index (χ0) is 13.9. The summed E-state index contributed by atoms with van der Waals surface area (Å²) in [6.07, 6.45) is 2.30. The average molecular weight is 274 g/mol. The first-order valence-corrected chi connectivity index (χ1v) is 7.19. The van der Waals surface area contributed by atoms with Gasteiger partial charge in [-0.3, -0.25) is 0 Å². The molecule has 5 nitrogen and oxygen atoms in total. The van der Waals surface area contributed by atoms with Gasteiger partial charge in [0.25, 0.3) is 0 Å². The van der Waals surface area contributed by atoms with Crippen LogP contribution in [0.15, 0.2) is 18.2 Å². The maximum Gasteiger partial charge on any atom is 0.203 e. The number of methoxy groups -OCH3 is 1. The second-order valence-corrected chi connectivity index (χ2v) is 5.42. The number of imidazole rings is 1. The number of hydrogen-bond acceptors (Lipinski definition) is 4. The molecule has 3 rings (SSSR count). The highest BCUT2D eigenvalue weighted by molar-refractivity contribution is 5.79. The summed E-state index contributed by atoms with van der Waals surface area (Å²) in [6.45, 7) is 2.80. The summed E-state index contributed by atoms with van der Waals surface area (Å²) in [6, 6.07) is 6.81. The maximum absolute atomic E-state index is 5.19. The van der Waals surface area contributed by atoms with Crippen molar-refractivity contribution < 1.29 is 4.74 Å². The summed E-state index contributed by atoms with van der Waals surface area (Å²) < 4.78 is 7.33. The number of ether oxygens (including phenoxy) is 1. The Morgan fingerprint density at radius 2 is 2.20 bits per heavy atom. The van der Waals surface area contributed by atoms with Crippen molar-refractivity contribution in [2.75, 3.05) is 25.5 Å².